The maximum absolute atomic E-state index is 14.0. The van der Waals surface area contributed by atoms with Crippen molar-refractivity contribution < 1.29 is 13.6 Å². The molecule has 4 aromatic rings. The number of rotatable bonds is 5. The largest absolute Gasteiger partial charge is 0.307 e. The van der Waals surface area contributed by atoms with Gasteiger partial charge in [-0.3, -0.25) is 4.79 Å². The number of nitrogens with one attached hydrogen (secondary N) is 1. The van der Waals surface area contributed by atoms with Gasteiger partial charge in [-0.2, -0.15) is 10.2 Å². The number of halogens is 3. The summed E-state index contributed by atoms with van der Waals surface area (Å²) in [4.78, 5) is 12.8. The fourth-order valence-corrected chi connectivity index (χ4v) is 3.51. The highest BCUT2D eigenvalue weighted by atomic mass is 35.5. The molecule has 0 radical (unpaired) electrons. The van der Waals surface area contributed by atoms with Crippen LogP contribution in [-0.4, -0.2) is 25.5 Å². The number of benzene rings is 2. The molecule has 4 rings (SSSR count). The minimum absolute atomic E-state index is 0.0231. The second-order valence-electron chi connectivity index (χ2n) is 7.47. The van der Waals surface area contributed by atoms with Gasteiger partial charge in [-0.15, -0.1) is 0 Å². The van der Waals surface area contributed by atoms with Gasteiger partial charge in [0.25, 0.3) is 5.91 Å². The molecule has 0 saturated carbocycles. The van der Waals surface area contributed by atoms with Crippen molar-refractivity contribution >= 4 is 23.3 Å². The van der Waals surface area contributed by atoms with Crippen molar-refractivity contribution in [2.75, 3.05) is 5.32 Å². The lowest BCUT2D eigenvalue weighted by atomic mass is 10.2. The van der Waals surface area contributed by atoms with Gasteiger partial charge in [-0.1, -0.05) is 11.6 Å². The molecule has 164 valence electrons. The molecule has 1 amide bonds. The normalized spacial score (nSPS) is 11.1. The van der Waals surface area contributed by atoms with Gasteiger partial charge in [0, 0.05) is 16.7 Å². The third-order valence-corrected chi connectivity index (χ3v) is 5.71. The Balaban J connectivity index is 1.55. The zero-order valence-electron chi connectivity index (χ0n) is 17.7. The number of carbonyl (C=O) groups is 1. The fourth-order valence-electron chi connectivity index (χ4n) is 3.40. The molecular weight excluding hydrogens is 436 g/mol. The molecule has 0 atom stereocenters. The highest BCUT2D eigenvalue weighted by molar-refractivity contribution is 6.31. The van der Waals surface area contributed by atoms with E-state index in [-0.39, 0.29) is 18.0 Å². The monoisotopic (exact) mass is 455 g/mol. The molecule has 0 spiro atoms. The number of hydrogen-bond donors (Lipinski definition) is 1. The number of amides is 1. The molecule has 1 N–H and O–H groups in total. The van der Waals surface area contributed by atoms with E-state index >= 15 is 0 Å². The van der Waals surface area contributed by atoms with E-state index in [4.69, 9.17) is 11.6 Å². The van der Waals surface area contributed by atoms with E-state index in [0.717, 1.165) is 35.3 Å². The van der Waals surface area contributed by atoms with Gasteiger partial charge in [0.2, 0.25) is 0 Å². The van der Waals surface area contributed by atoms with Gasteiger partial charge in [-0.25, -0.2) is 18.1 Å². The molecule has 0 saturated heterocycles. The molecule has 2 aromatic heterocycles. The van der Waals surface area contributed by atoms with Gasteiger partial charge in [0.05, 0.1) is 34.8 Å². The first-order valence-electron chi connectivity index (χ1n) is 9.84. The molecular formula is C23H20ClF2N5O. The van der Waals surface area contributed by atoms with E-state index in [0.29, 0.717) is 22.0 Å². The number of aryl methyl sites for hydroxylation is 2. The van der Waals surface area contributed by atoms with Gasteiger partial charge >= 0.3 is 0 Å². The van der Waals surface area contributed by atoms with Crippen LogP contribution in [0, 0.1) is 32.4 Å². The summed E-state index contributed by atoms with van der Waals surface area (Å²) >= 11 is 6.22. The summed E-state index contributed by atoms with van der Waals surface area (Å²) in [5, 5.41) is 12.0. The number of anilines is 1. The molecule has 2 aromatic carbocycles. The molecule has 0 aliphatic heterocycles. The summed E-state index contributed by atoms with van der Waals surface area (Å²) in [6.45, 7) is 5.45. The average molecular weight is 456 g/mol. The highest BCUT2D eigenvalue weighted by Gasteiger charge is 2.16. The summed E-state index contributed by atoms with van der Waals surface area (Å²) in [6, 6.07) is 10.1. The molecule has 0 aliphatic rings. The number of nitrogens with zero attached hydrogens (tertiary/aromatic N) is 4. The van der Waals surface area contributed by atoms with Crippen molar-refractivity contribution in [2.24, 2.45) is 0 Å². The van der Waals surface area contributed by atoms with Crippen molar-refractivity contribution in [3.63, 3.8) is 0 Å². The highest BCUT2D eigenvalue weighted by Crippen LogP contribution is 2.23. The first-order valence-corrected chi connectivity index (χ1v) is 10.2. The Morgan fingerprint density at radius 2 is 1.81 bits per heavy atom. The van der Waals surface area contributed by atoms with Crippen LogP contribution in [0.4, 0.5) is 14.6 Å². The van der Waals surface area contributed by atoms with Crippen LogP contribution >= 0.6 is 11.6 Å². The van der Waals surface area contributed by atoms with Crippen molar-refractivity contribution in [3.8, 4) is 5.69 Å². The van der Waals surface area contributed by atoms with E-state index < -0.39 is 11.6 Å². The molecule has 9 heteroatoms. The summed E-state index contributed by atoms with van der Waals surface area (Å²) in [7, 11) is 0. The molecule has 0 bridgehead atoms. The Hall–Kier alpha value is -3.52. The third-order valence-electron chi connectivity index (χ3n) is 5.16. The quantitative estimate of drug-likeness (QED) is 0.448. The standard InChI is InChI=1S/C23H20ClF2N5O/c1-13-11-27-30(12-17-10-18(25)6-9-20(17)26)22(13)28-23(32)16-4-7-19(8-5-16)31-15(3)21(24)14(2)29-31/h4-11H,12H2,1-3H3,(H,28,32). The second kappa shape index (κ2) is 8.55. The Bertz CT molecular complexity index is 1310. The van der Waals surface area contributed by atoms with Crippen molar-refractivity contribution in [2.45, 2.75) is 27.3 Å². The van der Waals surface area contributed by atoms with Crippen molar-refractivity contribution in [1.82, 2.24) is 19.6 Å². The smallest absolute Gasteiger partial charge is 0.256 e. The maximum Gasteiger partial charge on any atom is 0.256 e. The van der Waals surface area contributed by atoms with E-state index in [1.54, 1.807) is 42.1 Å². The summed E-state index contributed by atoms with van der Waals surface area (Å²) in [5.41, 5.74) is 3.57. The van der Waals surface area contributed by atoms with Crippen LogP contribution in [0.3, 0.4) is 0 Å². The van der Waals surface area contributed by atoms with E-state index in [1.807, 2.05) is 13.8 Å². The van der Waals surface area contributed by atoms with Crippen LogP contribution in [0.2, 0.25) is 5.02 Å². The average Bonchev–Trinajstić information content (AvgIpc) is 3.24. The molecule has 32 heavy (non-hydrogen) atoms. The number of aromatic nitrogens is 4. The van der Waals surface area contributed by atoms with Crippen LogP contribution in [-0.2, 0) is 6.54 Å². The van der Waals surface area contributed by atoms with Crippen molar-refractivity contribution in [1.29, 1.82) is 0 Å². The molecule has 0 fully saturated rings. The summed E-state index contributed by atoms with van der Waals surface area (Å²) in [5.74, 6) is -1.03. The van der Waals surface area contributed by atoms with E-state index in [1.165, 1.54) is 4.68 Å². The Morgan fingerprint density at radius 1 is 1.09 bits per heavy atom. The van der Waals surface area contributed by atoms with Gasteiger partial charge in [0.15, 0.2) is 0 Å². The lowest BCUT2D eigenvalue weighted by molar-refractivity contribution is 0.102. The maximum atomic E-state index is 14.0. The van der Waals surface area contributed by atoms with Crippen LogP contribution in [0.1, 0.15) is 32.9 Å². The zero-order valence-corrected chi connectivity index (χ0v) is 18.4. The predicted molar refractivity (Wildman–Crippen MR) is 118 cm³/mol. The molecule has 6 nitrogen and oxygen atoms in total. The van der Waals surface area contributed by atoms with Crippen LogP contribution < -0.4 is 5.32 Å². The van der Waals surface area contributed by atoms with Gasteiger partial charge in [0.1, 0.15) is 17.5 Å². The Labute approximate surface area is 188 Å². The molecule has 0 aliphatic carbocycles. The van der Waals surface area contributed by atoms with E-state index in [9.17, 15) is 13.6 Å². The summed E-state index contributed by atoms with van der Waals surface area (Å²) < 4.78 is 30.7. The van der Waals surface area contributed by atoms with Gasteiger partial charge < -0.3 is 5.32 Å². The van der Waals surface area contributed by atoms with Crippen molar-refractivity contribution in [3.05, 3.63) is 93.4 Å². The first kappa shape index (κ1) is 21.7. The van der Waals surface area contributed by atoms with Crippen LogP contribution in [0.15, 0.2) is 48.7 Å². The lowest BCUT2D eigenvalue weighted by Gasteiger charge is -2.12. The summed E-state index contributed by atoms with van der Waals surface area (Å²) in [6.07, 6.45) is 1.56. The molecule has 0 unspecified atom stereocenters. The lowest BCUT2D eigenvalue weighted by Crippen LogP contribution is -2.17. The third kappa shape index (κ3) is 4.13. The van der Waals surface area contributed by atoms with Crippen LogP contribution in [0.25, 0.3) is 5.69 Å². The minimum atomic E-state index is -0.545. The van der Waals surface area contributed by atoms with Crippen LogP contribution in [0.5, 0.6) is 0 Å². The Morgan fingerprint density at radius 3 is 2.47 bits per heavy atom. The zero-order chi connectivity index (χ0) is 23.0. The number of hydrogen-bond acceptors (Lipinski definition) is 3. The first-order chi connectivity index (χ1) is 15.2. The Kier molecular flexibility index (Phi) is 5.80. The fraction of sp³-hybridized carbons (Fsp3) is 0.174. The number of carbonyl (C=O) groups excluding carboxylic acids is 1. The SMILES string of the molecule is Cc1cnn(Cc2cc(F)ccc2F)c1NC(=O)c1ccc(-n2nc(C)c(Cl)c2C)cc1. The van der Waals surface area contributed by atoms with Gasteiger partial charge in [-0.05, 0) is 63.2 Å². The topological polar surface area (TPSA) is 64.7 Å². The minimum Gasteiger partial charge on any atom is -0.307 e. The predicted octanol–water partition coefficient (Wildman–Crippen LogP) is 5.23. The molecule has 2 heterocycles. The second-order valence-corrected chi connectivity index (χ2v) is 7.85. The van der Waals surface area contributed by atoms with E-state index in [2.05, 4.69) is 15.5 Å².